The first-order valence-electron chi connectivity index (χ1n) is 6.66. The lowest BCUT2D eigenvalue weighted by atomic mass is 10.1. The van der Waals surface area contributed by atoms with E-state index in [2.05, 4.69) is 10.3 Å². The smallest absolute Gasteiger partial charge is 0.275 e. The molecule has 1 atom stereocenters. The average Bonchev–Trinajstić information content (AvgIpc) is 2.87. The van der Waals surface area contributed by atoms with Gasteiger partial charge in [-0.15, -0.1) is 11.3 Å². The van der Waals surface area contributed by atoms with Crippen molar-refractivity contribution in [3.63, 3.8) is 0 Å². The van der Waals surface area contributed by atoms with Crippen LogP contribution in [0.4, 0.5) is 0 Å². The summed E-state index contributed by atoms with van der Waals surface area (Å²) in [6.45, 7) is 5.77. The van der Waals surface area contributed by atoms with Crippen molar-refractivity contribution in [1.82, 2.24) is 10.3 Å². The number of rotatable bonds is 5. The molecule has 1 aliphatic rings. The molecule has 6 heteroatoms. The minimum Gasteiger partial charge on any atom is -0.377 e. The number of nitrogens with one attached hydrogen (secondary N) is 1. The van der Waals surface area contributed by atoms with Gasteiger partial charge in [0.25, 0.3) is 5.91 Å². The zero-order valence-corrected chi connectivity index (χ0v) is 12.0. The van der Waals surface area contributed by atoms with Crippen molar-refractivity contribution in [2.45, 2.75) is 32.4 Å². The minimum atomic E-state index is -0.220. The molecule has 1 aliphatic heterocycles. The largest absolute Gasteiger partial charge is 0.377 e. The highest BCUT2D eigenvalue weighted by Crippen LogP contribution is 2.21. The van der Waals surface area contributed by atoms with Crippen molar-refractivity contribution in [2.75, 3.05) is 19.7 Å². The van der Waals surface area contributed by atoms with Crippen molar-refractivity contribution >= 4 is 17.2 Å². The Morgan fingerprint density at radius 3 is 3.21 bits per heavy atom. The lowest BCUT2D eigenvalue weighted by molar-refractivity contribution is 0.00390. The second-order valence-electron chi connectivity index (χ2n) is 4.69. The van der Waals surface area contributed by atoms with Gasteiger partial charge in [0.15, 0.2) is 0 Å². The van der Waals surface area contributed by atoms with Crippen LogP contribution in [-0.2, 0) is 11.3 Å². The summed E-state index contributed by atoms with van der Waals surface area (Å²) < 4.78 is 5.69. The fraction of sp³-hybridized carbons (Fsp3) is 0.615. The summed E-state index contributed by atoms with van der Waals surface area (Å²) in [6.07, 6.45) is 2.67. The van der Waals surface area contributed by atoms with Gasteiger partial charge in [0.05, 0.1) is 11.0 Å². The summed E-state index contributed by atoms with van der Waals surface area (Å²) in [5, 5.41) is 0. The van der Waals surface area contributed by atoms with E-state index in [9.17, 15) is 4.79 Å². The van der Waals surface area contributed by atoms with E-state index < -0.39 is 0 Å². The van der Waals surface area contributed by atoms with Gasteiger partial charge in [0.1, 0.15) is 0 Å². The van der Waals surface area contributed by atoms with Crippen LogP contribution < -0.4 is 11.3 Å². The fourth-order valence-corrected chi connectivity index (χ4v) is 3.36. The molecule has 2 rings (SSSR count). The van der Waals surface area contributed by atoms with Gasteiger partial charge in [-0.3, -0.25) is 15.1 Å². The number of hydrogen-bond donors (Lipinski definition) is 2. The number of likely N-dealkylation sites (tertiary alicyclic amines) is 1. The van der Waals surface area contributed by atoms with Crippen LogP contribution in [0.3, 0.4) is 0 Å². The average molecular weight is 283 g/mol. The van der Waals surface area contributed by atoms with E-state index in [-0.39, 0.29) is 5.91 Å². The molecule has 5 nitrogen and oxygen atoms in total. The number of hydrogen-bond acceptors (Lipinski definition) is 5. The summed E-state index contributed by atoms with van der Waals surface area (Å²) in [5.41, 5.74) is 2.16. The molecule has 0 aromatic carbocycles. The maximum atomic E-state index is 11.4. The quantitative estimate of drug-likeness (QED) is 0.486. The molecule has 19 heavy (non-hydrogen) atoms. The Hall–Kier alpha value is -0.950. The molecule has 1 saturated heterocycles. The van der Waals surface area contributed by atoms with Crippen LogP contribution in [0.1, 0.15) is 34.3 Å². The second kappa shape index (κ2) is 7.00. The molecule has 0 saturated carbocycles. The molecule has 1 aromatic rings. The number of hydrazine groups is 1. The molecule has 0 bridgehead atoms. The Morgan fingerprint density at radius 2 is 2.47 bits per heavy atom. The van der Waals surface area contributed by atoms with E-state index in [1.54, 1.807) is 0 Å². The Kier molecular flexibility index (Phi) is 5.33. The monoisotopic (exact) mass is 283 g/mol. The van der Waals surface area contributed by atoms with Crippen molar-refractivity contribution in [3.05, 3.63) is 21.9 Å². The fourth-order valence-electron chi connectivity index (χ4n) is 2.40. The van der Waals surface area contributed by atoms with Crippen molar-refractivity contribution in [3.8, 4) is 0 Å². The first-order valence-corrected chi connectivity index (χ1v) is 7.48. The van der Waals surface area contributed by atoms with E-state index in [1.807, 2.05) is 19.1 Å². The maximum absolute atomic E-state index is 11.4. The van der Waals surface area contributed by atoms with E-state index in [0.717, 1.165) is 32.7 Å². The summed E-state index contributed by atoms with van der Waals surface area (Å²) >= 11 is 1.50. The third kappa shape index (κ3) is 4.01. The molecule has 106 valence electrons. The molecule has 0 spiro atoms. The number of piperidine rings is 1. The van der Waals surface area contributed by atoms with Gasteiger partial charge in [-0.1, -0.05) is 0 Å². The molecular weight excluding hydrogens is 262 g/mol. The van der Waals surface area contributed by atoms with Crippen LogP contribution >= 0.6 is 11.3 Å². The zero-order chi connectivity index (χ0) is 13.7. The van der Waals surface area contributed by atoms with E-state index in [4.69, 9.17) is 10.6 Å². The molecule has 1 amide bonds. The number of thiophene rings is 1. The highest BCUT2D eigenvalue weighted by Gasteiger charge is 2.20. The van der Waals surface area contributed by atoms with Gasteiger partial charge in [-0.05, 0) is 38.4 Å². The Morgan fingerprint density at radius 1 is 1.63 bits per heavy atom. The van der Waals surface area contributed by atoms with Crippen LogP contribution in [0.15, 0.2) is 12.1 Å². The summed E-state index contributed by atoms with van der Waals surface area (Å²) in [6, 6.07) is 3.83. The second-order valence-corrected chi connectivity index (χ2v) is 5.86. The lowest BCUT2D eigenvalue weighted by Gasteiger charge is -2.32. The molecular formula is C13H21N3O2S. The highest BCUT2D eigenvalue weighted by molar-refractivity contribution is 7.14. The first-order chi connectivity index (χ1) is 9.22. The number of nitrogen functional groups attached to an aromatic ring is 1. The minimum absolute atomic E-state index is 0.220. The third-order valence-electron chi connectivity index (χ3n) is 3.26. The molecule has 0 radical (unpaired) electrons. The number of nitrogens with zero attached hydrogens (tertiary/aromatic N) is 1. The zero-order valence-electron chi connectivity index (χ0n) is 11.2. The third-order valence-corrected chi connectivity index (χ3v) is 4.33. The van der Waals surface area contributed by atoms with E-state index in [0.29, 0.717) is 11.0 Å². The van der Waals surface area contributed by atoms with Gasteiger partial charge in [-0.25, -0.2) is 5.84 Å². The summed E-state index contributed by atoms with van der Waals surface area (Å²) in [4.78, 5) is 15.6. The lowest BCUT2D eigenvalue weighted by Crippen LogP contribution is -2.39. The van der Waals surface area contributed by atoms with Crippen molar-refractivity contribution in [2.24, 2.45) is 5.84 Å². The SMILES string of the molecule is CCOC1CCCN(Cc2ccc(C(=O)NN)s2)C1. The van der Waals surface area contributed by atoms with Crippen LogP contribution in [0.2, 0.25) is 0 Å². The normalized spacial score (nSPS) is 20.4. The van der Waals surface area contributed by atoms with E-state index in [1.165, 1.54) is 22.6 Å². The van der Waals surface area contributed by atoms with E-state index >= 15 is 0 Å². The van der Waals surface area contributed by atoms with Crippen LogP contribution in [0.5, 0.6) is 0 Å². The Bertz CT molecular complexity index is 420. The van der Waals surface area contributed by atoms with Crippen molar-refractivity contribution < 1.29 is 9.53 Å². The number of amides is 1. The Balaban J connectivity index is 1.89. The topological polar surface area (TPSA) is 67.6 Å². The van der Waals surface area contributed by atoms with Crippen molar-refractivity contribution in [1.29, 1.82) is 0 Å². The number of ether oxygens (including phenoxy) is 1. The summed E-state index contributed by atoms with van der Waals surface area (Å²) in [7, 11) is 0. The number of carbonyl (C=O) groups is 1. The van der Waals surface area contributed by atoms with Gasteiger partial charge in [0.2, 0.25) is 0 Å². The number of carbonyl (C=O) groups excluding carboxylic acids is 1. The predicted molar refractivity (Wildman–Crippen MR) is 75.9 cm³/mol. The van der Waals surface area contributed by atoms with Crippen LogP contribution in [0, 0.1) is 0 Å². The van der Waals surface area contributed by atoms with Crippen LogP contribution in [-0.4, -0.2) is 36.6 Å². The van der Waals surface area contributed by atoms with Gasteiger partial charge in [0, 0.05) is 24.6 Å². The standard InChI is InChI=1S/C13H21N3O2S/c1-2-18-10-4-3-7-16(8-10)9-11-5-6-12(19-11)13(17)15-14/h5-6,10H,2-4,7-9,14H2,1H3,(H,15,17). The Labute approximate surface area is 117 Å². The predicted octanol–water partition coefficient (Wildman–Crippen LogP) is 1.35. The van der Waals surface area contributed by atoms with Gasteiger partial charge >= 0.3 is 0 Å². The molecule has 0 aliphatic carbocycles. The molecule has 3 N–H and O–H groups in total. The molecule has 1 unspecified atom stereocenters. The maximum Gasteiger partial charge on any atom is 0.275 e. The molecule has 1 aromatic heterocycles. The van der Waals surface area contributed by atoms with Gasteiger partial charge in [-0.2, -0.15) is 0 Å². The van der Waals surface area contributed by atoms with Gasteiger partial charge < -0.3 is 4.74 Å². The molecule has 2 heterocycles. The molecule has 1 fully saturated rings. The number of nitrogens with two attached hydrogens (primary N) is 1. The highest BCUT2D eigenvalue weighted by atomic mass is 32.1. The first kappa shape index (κ1) is 14.5. The van der Waals surface area contributed by atoms with Crippen LogP contribution in [0.25, 0.3) is 0 Å². The summed E-state index contributed by atoms with van der Waals surface area (Å²) in [5.74, 6) is 4.91.